The third-order valence-corrected chi connectivity index (χ3v) is 3.37. The van der Waals surface area contributed by atoms with Crippen molar-refractivity contribution >= 4 is 17.7 Å². The lowest BCUT2D eigenvalue weighted by Crippen LogP contribution is -2.24. The number of rotatable bonds is 4. The summed E-state index contributed by atoms with van der Waals surface area (Å²) in [5.41, 5.74) is 4.50. The summed E-state index contributed by atoms with van der Waals surface area (Å²) < 4.78 is 1.62. The van der Waals surface area contributed by atoms with Crippen molar-refractivity contribution in [2.75, 3.05) is 11.2 Å². The summed E-state index contributed by atoms with van der Waals surface area (Å²) in [5, 5.41) is 8.70. The van der Waals surface area contributed by atoms with Gasteiger partial charge in [0.1, 0.15) is 5.82 Å². The van der Waals surface area contributed by atoms with E-state index in [-0.39, 0.29) is 5.91 Å². The van der Waals surface area contributed by atoms with Crippen LogP contribution in [0.5, 0.6) is 0 Å². The second-order valence-electron chi connectivity index (χ2n) is 4.11. The molecule has 0 unspecified atom stereocenters. The molecule has 5 nitrogen and oxygen atoms in total. The monoisotopic (exact) mass is 276 g/mol. The van der Waals surface area contributed by atoms with Crippen molar-refractivity contribution in [2.45, 2.75) is 25.9 Å². The van der Waals surface area contributed by atoms with Crippen LogP contribution in [-0.2, 0) is 0 Å². The highest BCUT2D eigenvalue weighted by molar-refractivity contribution is 7.99. The van der Waals surface area contributed by atoms with Crippen molar-refractivity contribution in [1.82, 2.24) is 14.9 Å². The molecule has 6 heteroatoms. The van der Waals surface area contributed by atoms with E-state index < -0.39 is 0 Å². The zero-order valence-corrected chi connectivity index (χ0v) is 12.0. The summed E-state index contributed by atoms with van der Waals surface area (Å²) >= 11 is 1.54. The van der Waals surface area contributed by atoms with Gasteiger partial charge in [0.05, 0.1) is 0 Å². The summed E-state index contributed by atoms with van der Waals surface area (Å²) in [7, 11) is 0. The highest BCUT2D eigenvalue weighted by Gasteiger charge is 2.12. The molecule has 0 saturated carbocycles. The number of amides is 1. The molecular weight excluding hydrogens is 260 g/mol. The zero-order valence-electron chi connectivity index (χ0n) is 11.2. The predicted octanol–water partition coefficient (Wildman–Crippen LogP) is 2.39. The lowest BCUT2D eigenvalue weighted by atomic mass is 10.1. The molecule has 100 valence electrons. The summed E-state index contributed by atoms with van der Waals surface area (Å²) in [6.07, 6.45) is 0. The number of hydrogen-bond acceptors (Lipinski definition) is 4. The van der Waals surface area contributed by atoms with Crippen LogP contribution >= 0.6 is 11.8 Å². The first-order valence-corrected chi connectivity index (χ1v) is 7.03. The topological polar surface area (TPSA) is 59.8 Å². The van der Waals surface area contributed by atoms with E-state index in [1.807, 2.05) is 39.0 Å². The minimum absolute atomic E-state index is 0.162. The summed E-state index contributed by atoms with van der Waals surface area (Å²) in [6.45, 7) is 5.80. The zero-order chi connectivity index (χ0) is 13.8. The van der Waals surface area contributed by atoms with E-state index in [2.05, 4.69) is 15.6 Å². The average molecular weight is 276 g/mol. The van der Waals surface area contributed by atoms with Crippen LogP contribution in [0.2, 0.25) is 0 Å². The number of hydrogen-bond donors (Lipinski definition) is 1. The van der Waals surface area contributed by atoms with Gasteiger partial charge in [-0.05, 0) is 31.7 Å². The van der Waals surface area contributed by atoms with Gasteiger partial charge in [-0.1, -0.05) is 36.4 Å². The van der Waals surface area contributed by atoms with Gasteiger partial charge in [-0.15, -0.1) is 10.2 Å². The highest BCUT2D eigenvalue weighted by atomic mass is 32.2. The fraction of sp³-hybridized carbons (Fsp3) is 0.308. The summed E-state index contributed by atoms with van der Waals surface area (Å²) in [4.78, 5) is 12.2. The number of aromatic nitrogens is 3. The Bertz CT molecular complexity index is 594. The fourth-order valence-corrected chi connectivity index (χ4v) is 2.31. The van der Waals surface area contributed by atoms with Gasteiger partial charge in [0.25, 0.3) is 5.91 Å². The summed E-state index contributed by atoms with van der Waals surface area (Å²) in [6, 6.07) is 7.46. The smallest absolute Gasteiger partial charge is 0.267 e. The van der Waals surface area contributed by atoms with Crippen LogP contribution in [0.25, 0.3) is 0 Å². The molecule has 1 aromatic heterocycles. The second-order valence-corrected chi connectivity index (χ2v) is 5.34. The maximum atomic E-state index is 12.2. The quantitative estimate of drug-likeness (QED) is 0.871. The van der Waals surface area contributed by atoms with Gasteiger partial charge in [0, 0.05) is 5.56 Å². The maximum Gasteiger partial charge on any atom is 0.270 e. The van der Waals surface area contributed by atoms with Crippen molar-refractivity contribution in [3.63, 3.8) is 0 Å². The minimum Gasteiger partial charge on any atom is -0.267 e. The van der Waals surface area contributed by atoms with Crippen LogP contribution in [0, 0.1) is 13.8 Å². The first-order chi connectivity index (χ1) is 9.11. The van der Waals surface area contributed by atoms with Crippen molar-refractivity contribution in [3.05, 3.63) is 41.2 Å². The molecule has 2 rings (SSSR count). The van der Waals surface area contributed by atoms with Crippen LogP contribution in [-0.4, -0.2) is 26.5 Å². The number of carbonyl (C=O) groups excluding carboxylic acids is 1. The average Bonchev–Trinajstić information content (AvgIpc) is 2.72. The van der Waals surface area contributed by atoms with E-state index in [1.165, 1.54) is 11.8 Å². The normalized spacial score (nSPS) is 10.5. The van der Waals surface area contributed by atoms with Crippen molar-refractivity contribution in [1.29, 1.82) is 0 Å². The number of aryl methyl sites for hydroxylation is 2. The lowest BCUT2D eigenvalue weighted by Gasteiger charge is -2.09. The number of nitrogens with zero attached hydrogens (tertiary/aromatic N) is 3. The molecule has 0 fully saturated rings. The Morgan fingerprint density at radius 1 is 1.37 bits per heavy atom. The van der Waals surface area contributed by atoms with Gasteiger partial charge in [-0.3, -0.25) is 10.2 Å². The molecule has 0 saturated heterocycles. The van der Waals surface area contributed by atoms with Gasteiger partial charge in [0.2, 0.25) is 5.16 Å². The van der Waals surface area contributed by atoms with Gasteiger partial charge in [-0.25, -0.2) is 4.68 Å². The van der Waals surface area contributed by atoms with E-state index >= 15 is 0 Å². The molecule has 0 atom stereocenters. The number of thioether (sulfide) groups is 1. The second kappa shape index (κ2) is 5.88. The number of carbonyl (C=O) groups is 1. The predicted molar refractivity (Wildman–Crippen MR) is 76.0 cm³/mol. The molecule has 19 heavy (non-hydrogen) atoms. The van der Waals surface area contributed by atoms with Crippen LogP contribution < -0.4 is 5.43 Å². The van der Waals surface area contributed by atoms with Crippen LogP contribution in [0.3, 0.4) is 0 Å². The van der Waals surface area contributed by atoms with E-state index in [0.717, 1.165) is 11.3 Å². The third-order valence-electron chi connectivity index (χ3n) is 2.56. The number of benzene rings is 1. The Balaban J connectivity index is 2.21. The van der Waals surface area contributed by atoms with Crippen LogP contribution in [0.1, 0.15) is 28.7 Å². The molecule has 1 heterocycles. The van der Waals surface area contributed by atoms with Gasteiger partial charge >= 0.3 is 0 Å². The molecule has 2 aromatic rings. The van der Waals surface area contributed by atoms with E-state index in [0.29, 0.717) is 16.5 Å². The van der Waals surface area contributed by atoms with Crippen LogP contribution in [0.4, 0.5) is 0 Å². The lowest BCUT2D eigenvalue weighted by molar-refractivity contribution is 0.100. The molecule has 0 radical (unpaired) electrons. The molecule has 0 aliphatic rings. The van der Waals surface area contributed by atoms with Gasteiger partial charge in [-0.2, -0.15) is 0 Å². The van der Waals surface area contributed by atoms with Crippen molar-refractivity contribution < 1.29 is 4.79 Å². The minimum atomic E-state index is -0.162. The molecule has 0 aliphatic carbocycles. The SMILES string of the molecule is CCSc1nnc(C)n1NC(=O)c1cccc(C)c1. The Hall–Kier alpha value is -1.82. The molecular formula is C13H16N4OS. The first kappa shape index (κ1) is 13.6. The van der Waals surface area contributed by atoms with Crippen molar-refractivity contribution in [2.24, 2.45) is 0 Å². The molecule has 0 aliphatic heterocycles. The molecule has 0 bridgehead atoms. The Labute approximate surface area is 116 Å². The fourth-order valence-electron chi connectivity index (χ4n) is 1.65. The Morgan fingerprint density at radius 2 is 2.16 bits per heavy atom. The Morgan fingerprint density at radius 3 is 2.84 bits per heavy atom. The van der Waals surface area contributed by atoms with E-state index in [4.69, 9.17) is 0 Å². The highest BCUT2D eigenvalue weighted by Crippen LogP contribution is 2.15. The van der Waals surface area contributed by atoms with E-state index in [1.54, 1.807) is 10.7 Å². The molecule has 0 spiro atoms. The maximum absolute atomic E-state index is 12.2. The molecule has 1 aromatic carbocycles. The molecule has 1 amide bonds. The standard InChI is InChI=1S/C13H16N4OS/c1-4-19-13-15-14-10(3)17(13)16-12(18)11-7-5-6-9(2)8-11/h5-8H,4H2,1-3H3,(H,16,18). The molecule has 1 N–H and O–H groups in total. The summed E-state index contributed by atoms with van der Waals surface area (Å²) in [5.74, 6) is 1.37. The number of nitrogens with one attached hydrogen (secondary N) is 1. The largest absolute Gasteiger partial charge is 0.270 e. The van der Waals surface area contributed by atoms with Crippen LogP contribution in [0.15, 0.2) is 29.4 Å². The third kappa shape index (κ3) is 3.14. The first-order valence-electron chi connectivity index (χ1n) is 6.04. The Kier molecular flexibility index (Phi) is 4.21. The van der Waals surface area contributed by atoms with Gasteiger partial charge < -0.3 is 0 Å². The van der Waals surface area contributed by atoms with Crippen molar-refractivity contribution in [3.8, 4) is 0 Å². The van der Waals surface area contributed by atoms with Gasteiger partial charge in [0.15, 0.2) is 0 Å². The van der Waals surface area contributed by atoms with E-state index in [9.17, 15) is 4.79 Å².